The number of rotatable bonds is 0. The Morgan fingerprint density at radius 3 is 2.74 bits per heavy atom. The van der Waals surface area contributed by atoms with Crippen molar-refractivity contribution in [2.75, 3.05) is 0 Å². The molecule has 0 aromatic heterocycles. The second-order valence-electron chi connectivity index (χ2n) is 8.25. The van der Waals surface area contributed by atoms with Gasteiger partial charge in [-0.15, -0.1) is 6.42 Å². The van der Waals surface area contributed by atoms with E-state index in [9.17, 15) is 10.2 Å². The highest BCUT2D eigenvalue weighted by Crippen LogP contribution is 2.64. The van der Waals surface area contributed by atoms with Crippen LogP contribution in [0.1, 0.15) is 61.6 Å². The van der Waals surface area contributed by atoms with Crippen molar-refractivity contribution in [3.8, 4) is 18.1 Å². The number of hydrogen-bond acceptors (Lipinski definition) is 2. The molecule has 4 rings (SSSR count). The molecule has 0 saturated heterocycles. The van der Waals surface area contributed by atoms with Gasteiger partial charge in [0.15, 0.2) is 0 Å². The molecule has 23 heavy (non-hydrogen) atoms. The fraction of sp³-hybridized carbons (Fsp3) is 0.619. The Bertz CT molecular complexity index is 701. The number of benzene rings is 1. The van der Waals surface area contributed by atoms with E-state index in [-0.39, 0.29) is 5.41 Å². The van der Waals surface area contributed by atoms with E-state index in [4.69, 9.17) is 6.42 Å². The molecule has 0 radical (unpaired) electrons. The first kappa shape index (κ1) is 15.1. The third-order valence-electron chi connectivity index (χ3n) is 7.43. The van der Waals surface area contributed by atoms with Gasteiger partial charge in [0.05, 0.1) is 0 Å². The monoisotopic (exact) mass is 310 g/mol. The molecule has 0 amide bonds. The van der Waals surface area contributed by atoms with Gasteiger partial charge in [-0.3, -0.25) is 0 Å². The summed E-state index contributed by atoms with van der Waals surface area (Å²) in [6, 6.07) is 4.17. The van der Waals surface area contributed by atoms with E-state index in [0.29, 0.717) is 23.5 Å². The lowest BCUT2D eigenvalue weighted by Crippen LogP contribution is -2.50. The number of aliphatic hydroxyl groups is 1. The van der Waals surface area contributed by atoms with Crippen molar-refractivity contribution >= 4 is 0 Å². The maximum absolute atomic E-state index is 11.0. The van der Waals surface area contributed by atoms with Crippen LogP contribution in [-0.2, 0) is 6.42 Å². The molecule has 2 fully saturated rings. The van der Waals surface area contributed by atoms with Crippen LogP contribution in [0.4, 0.5) is 0 Å². The molecular formula is C21H26O2. The molecular weight excluding hydrogens is 284 g/mol. The van der Waals surface area contributed by atoms with Crippen molar-refractivity contribution < 1.29 is 10.2 Å². The van der Waals surface area contributed by atoms with Gasteiger partial charge in [0, 0.05) is 5.41 Å². The molecule has 0 unspecified atom stereocenters. The minimum Gasteiger partial charge on any atom is -0.508 e. The standard InChI is InChI=1S/C21H26O2/c1-4-21(23)10-8-18-16-6-5-14-12-19(22)13(2)11-17(14)15(16)7-9-20(18,21)3/h1,11-12,15-16,18,22-23H,5-10H2,2-3H3/t15-,16-,18-,20-,21-/m0/s1. The molecule has 2 nitrogen and oxygen atoms in total. The number of aromatic hydroxyl groups is 1. The minimum absolute atomic E-state index is 0.133. The largest absolute Gasteiger partial charge is 0.508 e. The Hall–Kier alpha value is -1.46. The molecule has 3 aliphatic carbocycles. The highest BCUT2D eigenvalue weighted by atomic mass is 16.3. The van der Waals surface area contributed by atoms with E-state index in [1.165, 1.54) is 11.1 Å². The molecule has 0 aliphatic heterocycles. The molecule has 2 heteroatoms. The number of phenolic OH excluding ortho intramolecular Hbond substituents is 1. The van der Waals surface area contributed by atoms with E-state index in [2.05, 4.69) is 18.9 Å². The molecule has 1 aromatic rings. The Morgan fingerprint density at radius 2 is 2.00 bits per heavy atom. The van der Waals surface area contributed by atoms with Crippen molar-refractivity contribution in [1.82, 2.24) is 0 Å². The quantitative estimate of drug-likeness (QED) is 0.713. The summed E-state index contributed by atoms with van der Waals surface area (Å²) in [6.45, 7) is 4.21. The first-order valence-corrected chi connectivity index (χ1v) is 8.92. The number of fused-ring (bicyclic) bond motifs is 5. The minimum atomic E-state index is -0.923. The van der Waals surface area contributed by atoms with Crippen LogP contribution in [0.5, 0.6) is 5.75 Å². The SMILES string of the molecule is C#C[C@]1(O)CC[C@H]2[C@H]3CCc4cc(O)c(C)cc4[C@H]3CC[C@@]21C. The zero-order valence-corrected chi connectivity index (χ0v) is 14.1. The summed E-state index contributed by atoms with van der Waals surface area (Å²) in [6.07, 6.45) is 11.8. The Labute approximate surface area is 138 Å². The molecule has 122 valence electrons. The van der Waals surface area contributed by atoms with Crippen molar-refractivity contribution in [1.29, 1.82) is 0 Å². The van der Waals surface area contributed by atoms with Crippen LogP contribution in [0.15, 0.2) is 12.1 Å². The molecule has 1 aromatic carbocycles. The van der Waals surface area contributed by atoms with E-state index in [1.54, 1.807) is 0 Å². The normalized spacial score (nSPS) is 41.6. The van der Waals surface area contributed by atoms with Gasteiger partial charge in [-0.2, -0.15) is 0 Å². The van der Waals surface area contributed by atoms with Crippen molar-refractivity contribution in [2.24, 2.45) is 17.3 Å². The van der Waals surface area contributed by atoms with Gasteiger partial charge in [0.1, 0.15) is 11.4 Å². The molecule has 0 spiro atoms. The second kappa shape index (κ2) is 4.77. The van der Waals surface area contributed by atoms with Crippen LogP contribution in [0, 0.1) is 36.5 Å². The summed E-state index contributed by atoms with van der Waals surface area (Å²) in [4.78, 5) is 0. The Balaban J connectivity index is 1.74. The molecule has 0 bridgehead atoms. The summed E-state index contributed by atoms with van der Waals surface area (Å²) in [5.41, 5.74) is 2.68. The third-order valence-corrected chi connectivity index (χ3v) is 7.43. The van der Waals surface area contributed by atoms with Gasteiger partial charge in [-0.25, -0.2) is 0 Å². The summed E-state index contributed by atoms with van der Waals surface area (Å²) in [7, 11) is 0. The highest BCUT2D eigenvalue weighted by molar-refractivity contribution is 5.45. The maximum atomic E-state index is 11.0. The van der Waals surface area contributed by atoms with E-state index in [1.807, 2.05) is 13.0 Å². The van der Waals surface area contributed by atoms with E-state index >= 15 is 0 Å². The van der Waals surface area contributed by atoms with Crippen LogP contribution in [0.25, 0.3) is 0 Å². The molecule has 5 atom stereocenters. The predicted molar refractivity (Wildman–Crippen MR) is 91.2 cm³/mol. The molecule has 0 heterocycles. The lowest BCUT2D eigenvalue weighted by atomic mass is 9.53. The first-order valence-electron chi connectivity index (χ1n) is 8.92. The number of terminal acetylenes is 1. The number of aryl methyl sites for hydroxylation is 2. The van der Waals surface area contributed by atoms with Crippen LogP contribution < -0.4 is 0 Å². The summed E-state index contributed by atoms with van der Waals surface area (Å²) < 4.78 is 0. The zero-order valence-electron chi connectivity index (χ0n) is 14.1. The van der Waals surface area contributed by atoms with Crippen LogP contribution >= 0.6 is 0 Å². The van der Waals surface area contributed by atoms with Crippen molar-refractivity contribution in [3.63, 3.8) is 0 Å². The lowest BCUT2D eigenvalue weighted by molar-refractivity contribution is -0.0647. The number of phenols is 1. The molecule has 2 saturated carbocycles. The predicted octanol–water partition coefficient (Wildman–Crippen LogP) is 3.92. The maximum Gasteiger partial charge on any atom is 0.130 e. The molecule has 3 aliphatic rings. The fourth-order valence-corrected chi connectivity index (χ4v) is 5.98. The van der Waals surface area contributed by atoms with Crippen LogP contribution in [-0.4, -0.2) is 15.8 Å². The van der Waals surface area contributed by atoms with E-state index < -0.39 is 5.60 Å². The van der Waals surface area contributed by atoms with Gasteiger partial charge in [0.25, 0.3) is 0 Å². The fourth-order valence-electron chi connectivity index (χ4n) is 5.98. The molecule has 2 N–H and O–H groups in total. The topological polar surface area (TPSA) is 40.5 Å². The highest BCUT2D eigenvalue weighted by Gasteiger charge is 2.61. The van der Waals surface area contributed by atoms with Crippen LogP contribution in [0.2, 0.25) is 0 Å². The summed E-state index contributed by atoms with van der Waals surface area (Å²) in [5, 5.41) is 21.0. The zero-order chi connectivity index (χ0) is 16.4. The average molecular weight is 310 g/mol. The van der Waals surface area contributed by atoms with Gasteiger partial charge in [0.2, 0.25) is 0 Å². The van der Waals surface area contributed by atoms with Gasteiger partial charge < -0.3 is 10.2 Å². The van der Waals surface area contributed by atoms with Crippen molar-refractivity contribution in [2.45, 2.75) is 63.9 Å². The Morgan fingerprint density at radius 1 is 1.22 bits per heavy atom. The van der Waals surface area contributed by atoms with Gasteiger partial charge >= 0.3 is 0 Å². The number of hydrogen-bond donors (Lipinski definition) is 2. The van der Waals surface area contributed by atoms with Crippen LogP contribution in [0.3, 0.4) is 0 Å². The van der Waals surface area contributed by atoms with E-state index in [0.717, 1.165) is 44.1 Å². The van der Waals surface area contributed by atoms with Gasteiger partial charge in [-0.1, -0.05) is 18.9 Å². The summed E-state index contributed by atoms with van der Waals surface area (Å²) >= 11 is 0. The average Bonchev–Trinajstić information content (AvgIpc) is 2.81. The lowest BCUT2D eigenvalue weighted by Gasteiger charge is -2.52. The second-order valence-corrected chi connectivity index (χ2v) is 8.25. The summed E-state index contributed by atoms with van der Waals surface area (Å²) in [5.74, 6) is 4.86. The smallest absolute Gasteiger partial charge is 0.130 e. The van der Waals surface area contributed by atoms with Gasteiger partial charge in [-0.05, 0) is 86.0 Å². The first-order chi connectivity index (χ1) is 10.9. The van der Waals surface area contributed by atoms with Crippen molar-refractivity contribution in [3.05, 3.63) is 28.8 Å². The Kier molecular flexibility index (Phi) is 3.13. The third kappa shape index (κ3) is 1.86.